The minimum atomic E-state index is -0.852. The van der Waals surface area contributed by atoms with Crippen LogP contribution in [0.2, 0.25) is 10.0 Å². The van der Waals surface area contributed by atoms with E-state index in [-0.39, 0.29) is 0 Å². The van der Waals surface area contributed by atoms with Gasteiger partial charge in [-0.25, -0.2) is 0 Å². The number of aliphatic hydroxyl groups is 1. The Bertz CT molecular complexity index is 400. The molecule has 1 aromatic rings. The smallest absolute Gasteiger partial charge is 0.0962 e. The summed E-state index contributed by atoms with van der Waals surface area (Å²) in [5, 5.41) is 19.9. The highest BCUT2D eigenvalue weighted by molar-refractivity contribution is 6.35. The summed E-state index contributed by atoms with van der Waals surface area (Å²) in [4.78, 5) is 0. The molecule has 1 N–H and O–H groups in total. The number of hydrogen-bond acceptors (Lipinski definition) is 2. The van der Waals surface area contributed by atoms with Crippen LogP contribution in [0.1, 0.15) is 31.4 Å². The van der Waals surface area contributed by atoms with Crippen LogP contribution in [0.5, 0.6) is 0 Å². The average molecular weight is 258 g/mol. The van der Waals surface area contributed by atoms with E-state index in [0.717, 1.165) is 6.42 Å². The molecule has 1 aromatic carbocycles. The van der Waals surface area contributed by atoms with E-state index in [1.165, 1.54) is 0 Å². The van der Waals surface area contributed by atoms with Crippen LogP contribution in [-0.4, -0.2) is 5.11 Å². The van der Waals surface area contributed by atoms with Crippen molar-refractivity contribution >= 4 is 23.2 Å². The Hall–Kier alpha value is -0.750. The van der Waals surface area contributed by atoms with Gasteiger partial charge in [-0.15, -0.1) is 0 Å². The van der Waals surface area contributed by atoms with E-state index in [0.29, 0.717) is 22.0 Å². The minimum Gasteiger partial charge on any atom is -0.387 e. The van der Waals surface area contributed by atoms with Crippen molar-refractivity contribution in [2.75, 3.05) is 0 Å². The number of rotatable bonds is 4. The summed E-state index contributed by atoms with van der Waals surface area (Å²) < 4.78 is 0. The van der Waals surface area contributed by atoms with Crippen LogP contribution in [0.25, 0.3) is 0 Å². The molecule has 86 valence electrons. The molecule has 0 aliphatic rings. The second kappa shape index (κ2) is 6.10. The highest BCUT2D eigenvalue weighted by Gasteiger charge is 2.21. The van der Waals surface area contributed by atoms with Gasteiger partial charge < -0.3 is 5.11 Å². The number of aliphatic hydroxyl groups excluding tert-OH is 1. The largest absolute Gasteiger partial charge is 0.387 e. The molecular formula is C12H13Cl2NO. The maximum Gasteiger partial charge on any atom is 0.0962 e. The third kappa shape index (κ3) is 3.12. The molecular weight excluding hydrogens is 245 g/mol. The molecule has 4 heteroatoms. The van der Waals surface area contributed by atoms with Crippen molar-refractivity contribution in [2.45, 2.75) is 25.9 Å². The lowest BCUT2D eigenvalue weighted by molar-refractivity contribution is 0.130. The molecule has 0 fully saturated rings. The van der Waals surface area contributed by atoms with Crippen molar-refractivity contribution in [2.24, 2.45) is 5.92 Å². The van der Waals surface area contributed by atoms with E-state index in [1.54, 1.807) is 18.2 Å². The van der Waals surface area contributed by atoms with Gasteiger partial charge in [-0.1, -0.05) is 42.6 Å². The van der Waals surface area contributed by atoms with E-state index >= 15 is 0 Å². The fraction of sp³-hybridized carbons (Fsp3) is 0.417. The topological polar surface area (TPSA) is 44.0 Å². The minimum absolute atomic E-state index is 0.399. The van der Waals surface area contributed by atoms with E-state index < -0.39 is 12.0 Å². The Labute approximate surface area is 105 Å². The average Bonchev–Trinajstić information content (AvgIpc) is 2.25. The van der Waals surface area contributed by atoms with E-state index in [4.69, 9.17) is 28.5 Å². The molecule has 1 rings (SSSR count). The van der Waals surface area contributed by atoms with Gasteiger partial charge in [-0.05, 0) is 18.6 Å². The van der Waals surface area contributed by atoms with Crippen molar-refractivity contribution in [3.8, 4) is 6.07 Å². The molecule has 0 amide bonds. The van der Waals surface area contributed by atoms with Gasteiger partial charge in [0.1, 0.15) is 0 Å². The van der Waals surface area contributed by atoms with Crippen molar-refractivity contribution < 1.29 is 5.11 Å². The number of halogens is 2. The van der Waals surface area contributed by atoms with Crippen LogP contribution in [0, 0.1) is 17.2 Å². The first-order valence-corrected chi connectivity index (χ1v) is 5.88. The van der Waals surface area contributed by atoms with Crippen LogP contribution in [-0.2, 0) is 0 Å². The molecule has 2 atom stereocenters. The highest BCUT2D eigenvalue weighted by atomic mass is 35.5. The first-order valence-electron chi connectivity index (χ1n) is 5.12. The first-order chi connectivity index (χ1) is 7.60. The third-order valence-corrected chi connectivity index (χ3v) is 2.99. The Morgan fingerprint density at radius 2 is 2.12 bits per heavy atom. The van der Waals surface area contributed by atoms with Crippen molar-refractivity contribution in [1.82, 2.24) is 0 Å². The predicted octanol–water partition coefficient (Wildman–Crippen LogP) is 3.97. The monoisotopic (exact) mass is 257 g/mol. The second-order valence-electron chi connectivity index (χ2n) is 3.63. The van der Waals surface area contributed by atoms with Gasteiger partial charge >= 0.3 is 0 Å². The lowest BCUT2D eigenvalue weighted by atomic mass is 9.93. The van der Waals surface area contributed by atoms with Gasteiger partial charge in [0.25, 0.3) is 0 Å². The number of benzene rings is 1. The maximum atomic E-state index is 10.0. The summed E-state index contributed by atoms with van der Waals surface area (Å²) in [6.45, 7) is 1.97. The number of nitriles is 1. The Morgan fingerprint density at radius 3 is 2.62 bits per heavy atom. The molecule has 16 heavy (non-hydrogen) atoms. The molecule has 0 spiro atoms. The summed E-state index contributed by atoms with van der Waals surface area (Å²) in [5.74, 6) is -0.427. The Balaban J connectivity index is 2.95. The Kier molecular flexibility index (Phi) is 5.08. The normalized spacial score (nSPS) is 14.2. The van der Waals surface area contributed by atoms with E-state index in [2.05, 4.69) is 6.07 Å². The molecule has 0 saturated heterocycles. The lowest BCUT2D eigenvalue weighted by Crippen LogP contribution is -2.11. The number of nitrogens with zero attached hydrogens (tertiary/aromatic N) is 1. The van der Waals surface area contributed by atoms with Gasteiger partial charge in [0.15, 0.2) is 0 Å². The molecule has 2 unspecified atom stereocenters. The first kappa shape index (κ1) is 13.3. The van der Waals surface area contributed by atoms with Crippen LogP contribution in [0.4, 0.5) is 0 Å². The van der Waals surface area contributed by atoms with Crippen LogP contribution in [0.3, 0.4) is 0 Å². The summed E-state index contributed by atoms with van der Waals surface area (Å²) in [5.41, 5.74) is 0.561. The SMILES string of the molecule is CCCC(C#N)C(O)c1ccc(Cl)cc1Cl. The summed E-state index contributed by atoms with van der Waals surface area (Å²) in [6.07, 6.45) is 0.645. The zero-order valence-electron chi connectivity index (χ0n) is 8.95. The molecule has 0 radical (unpaired) electrons. The van der Waals surface area contributed by atoms with Crippen molar-refractivity contribution in [3.05, 3.63) is 33.8 Å². The lowest BCUT2D eigenvalue weighted by Gasteiger charge is -2.17. The number of hydrogen-bond donors (Lipinski definition) is 1. The second-order valence-corrected chi connectivity index (χ2v) is 4.48. The summed E-state index contributed by atoms with van der Waals surface area (Å²) in [6, 6.07) is 6.99. The van der Waals surface area contributed by atoms with Gasteiger partial charge in [-0.2, -0.15) is 5.26 Å². The Morgan fingerprint density at radius 1 is 1.44 bits per heavy atom. The predicted molar refractivity (Wildman–Crippen MR) is 65.4 cm³/mol. The molecule has 0 saturated carbocycles. The van der Waals surface area contributed by atoms with Crippen LogP contribution >= 0.6 is 23.2 Å². The van der Waals surface area contributed by atoms with Crippen molar-refractivity contribution in [1.29, 1.82) is 5.26 Å². The fourth-order valence-corrected chi connectivity index (χ4v) is 2.08. The summed E-state index contributed by atoms with van der Waals surface area (Å²) >= 11 is 11.7. The highest BCUT2D eigenvalue weighted by Crippen LogP contribution is 2.32. The van der Waals surface area contributed by atoms with Crippen LogP contribution < -0.4 is 0 Å². The van der Waals surface area contributed by atoms with E-state index in [9.17, 15) is 5.11 Å². The molecule has 0 heterocycles. The molecule has 0 bridgehead atoms. The van der Waals surface area contributed by atoms with Crippen molar-refractivity contribution in [3.63, 3.8) is 0 Å². The molecule has 0 aliphatic heterocycles. The van der Waals surface area contributed by atoms with Gasteiger partial charge in [0.2, 0.25) is 0 Å². The van der Waals surface area contributed by atoms with E-state index in [1.807, 2.05) is 6.92 Å². The van der Waals surface area contributed by atoms with Gasteiger partial charge in [0, 0.05) is 15.6 Å². The molecule has 2 nitrogen and oxygen atoms in total. The van der Waals surface area contributed by atoms with Gasteiger partial charge in [-0.3, -0.25) is 0 Å². The fourth-order valence-electron chi connectivity index (χ4n) is 1.56. The zero-order valence-corrected chi connectivity index (χ0v) is 10.5. The zero-order chi connectivity index (χ0) is 12.1. The third-order valence-electron chi connectivity index (χ3n) is 2.43. The standard InChI is InChI=1S/C12H13Cl2NO/c1-2-3-8(7-15)12(16)10-5-4-9(13)6-11(10)14/h4-6,8,12,16H,2-3H2,1H3. The summed E-state index contributed by atoms with van der Waals surface area (Å²) in [7, 11) is 0. The quantitative estimate of drug-likeness (QED) is 0.888. The molecule has 0 aromatic heterocycles. The van der Waals surface area contributed by atoms with Crippen LogP contribution in [0.15, 0.2) is 18.2 Å². The van der Waals surface area contributed by atoms with Gasteiger partial charge in [0.05, 0.1) is 18.1 Å². The maximum absolute atomic E-state index is 10.0. The molecule has 0 aliphatic carbocycles.